The Labute approximate surface area is 110 Å². The second-order valence-corrected chi connectivity index (χ2v) is 4.38. The van der Waals surface area contributed by atoms with Crippen LogP contribution in [-0.4, -0.2) is 28.8 Å². The maximum atomic E-state index is 11.9. The van der Waals surface area contributed by atoms with Crippen molar-refractivity contribution < 1.29 is 17.9 Å². The Kier molecular flexibility index (Phi) is 5.85. The fourth-order valence-corrected chi connectivity index (χ4v) is 1.39. The molecule has 108 valence electrons. The number of hydrogen-bond donors (Lipinski definition) is 1. The van der Waals surface area contributed by atoms with Crippen LogP contribution in [0.2, 0.25) is 0 Å². The third-order valence-corrected chi connectivity index (χ3v) is 2.16. The Balaban J connectivity index is 2.29. The molecule has 19 heavy (non-hydrogen) atoms. The van der Waals surface area contributed by atoms with Crippen LogP contribution in [0.15, 0.2) is 12.3 Å². The van der Waals surface area contributed by atoms with Gasteiger partial charge in [-0.3, -0.25) is 0 Å². The van der Waals surface area contributed by atoms with E-state index in [2.05, 4.69) is 15.3 Å². The molecule has 0 saturated heterocycles. The van der Waals surface area contributed by atoms with Gasteiger partial charge in [0.05, 0.1) is 6.10 Å². The highest BCUT2D eigenvalue weighted by Crippen LogP contribution is 2.22. The third kappa shape index (κ3) is 7.48. The molecule has 0 amide bonds. The van der Waals surface area contributed by atoms with Crippen molar-refractivity contribution in [3.63, 3.8) is 0 Å². The smallest absolute Gasteiger partial charge is 0.389 e. The minimum absolute atomic E-state index is 0.00883. The molecule has 7 heteroatoms. The van der Waals surface area contributed by atoms with Crippen LogP contribution in [0.5, 0.6) is 5.88 Å². The Bertz CT molecular complexity index is 383. The summed E-state index contributed by atoms with van der Waals surface area (Å²) in [5.74, 6) is 0.813. The van der Waals surface area contributed by atoms with Crippen LogP contribution in [-0.2, 0) is 0 Å². The van der Waals surface area contributed by atoms with E-state index in [1.807, 2.05) is 13.8 Å². The monoisotopic (exact) mass is 277 g/mol. The van der Waals surface area contributed by atoms with Crippen LogP contribution in [0.25, 0.3) is 0 Å². The molecule has 0 radical (unpaired) electrons. The van der Waals surface area contributed by atoms with Crippen LogP contribution in [0.4, 0.5) is 19.1 Å². The Morgan fingerprint density at radius 1 is 1.32 bits per heavy atom. The molecule has 1 N–H and O–H groups in total. The first-order chi connectivity index (χ1) is 8.87. The van der Waals surface area contributed by atoms with Gasteiger partial charge in [0.15, 0.2) is 0 Å². The van der Waals surface area contributed by atoms with Crippen molar-refractivity contribution >= 4 is 5.95 Å². The van der Waals surface area contributed by atoms with Gasteiger partial charge in [0.25, 0.3) is 0 Å². The van der Waals surface area contributed by atoms with E-state index in [-0.39, 0.29) is 12.5 Å². The maximum Gasteiger partial charge on any atom is 0.389 e. The van der Waals surface area contributed by atoms with Gasteiger partial charge in [-0.15, -0.1) is 0 Å². The first kappa shape index (κ1) is 15.5. The molecule has 0 aliphatic heterocycles. The van der Waals surface area contributed by atoms with E-state index in [0.29, 0.717) is 24.8 Å². The molecular formula is C12H18F3N3O. The summed E-state index contributed by atoms with van der Waals surface area (Å²) in [6.07, 6.45) is -2.78. The van der Waals surface area contributed by atoms with Crippen LogP contribution in [0.3, 0.4) is 0 Å². The molecule has 1 rings (SSSR count). The summed E-state index contributed by atoms with van der Waals surface area (Å²) in [5, 5.41) is 2.87. The standard InChI is InChI=1S/C12H18F3N3O/c1-9(2)19-10-5-8-17-11(18-10)16-7-4-3-6-12(13,14)15/h5,8-9H,3-4,6-7H2,1-2H3,(H,16,17,18). The lowest BCUT2D eigenvalue weighted by atomic mass is 10.2. The second kappa shape index (κ2) is 7.16. The highest BCUT2D eigenvalue weighted by molar-refractivity contribution is 5.27. The molecule has 4 nitrogen and oxygen atoms in total. The van der Waals surface area contributed by atoms with Crippen molar-refractivity contribution in [2.24, 2.45) is 0 Å². The van der Waals surface area contributed by atoms with Gasteiger partial charge in [0.1, 0.15) is 0 Å². The minimum atomic E-state index is -4.08. The van der Waals surface area contributed by atoms with Crippen molar-refractivity contribution in [3.8, 4) is 5.88 Å². The lowest BCUT2D eigenvalue weighted by Crippen LogP contribution is -2.11. The number of halogens is 3. The molecule has 1 aromatic rings. The average Bonchev–Trinajstić information content (AvgIpc) is 2.26. The molecule has 0 fully saturated rings. The molecule has 1 aromatic heterocycles. The van der Waals surface area contributed by atoms with E-state index in [4.69, 9.17) is 4.74 Å². The van der Waals surface area contributed by atoms with Crippen molar-refractivity contribution in [2.45, 2.75) is 45.4 Å². The van der Waals surface area contributed by atoms with E-state index >= 15 is 0 Å². The number of aromatic nitrogens is 2. The predicted octanol–water partition coefficient (Wildman–Crippen LogP) is 3.41. The van der Waals surface area contributed by atoms with E-state index in [0.717, 1.165) is 0 Å². The largest absolute Gasteiger partial charge is 0.475 e. The summed E-state index contributed by atoms with van der Waals surface area (Å²) in [5.41, 5.74) is 0. The summed E-state index contributed by atoms with van der Waals surface area (Å²) in [6, 6.07) is 1.63. The van der Waals surface area contributed by atoms with Crippen LogP contribution in [0.1, 0.15) is 33.1 Å². The highest BCUT2D eigenvalue weighted by Gasteiger charge is 2.25. The molecule has 0 unspecified atom stereocenters. The zero-order valence-corrected chi connectivity index (χ0v) is 11.0. The lowest BCUT2D eigenvalue weighted by molar-refractivity contribution is -0.135. The second-order valence-electron chi connectivity index (χ2n) is 4.38. The Hall–Kier alpha value is -1.53. The molecule has 0 bridgehead atoms. The number of alkyl halides is 3. The highest BCUT2D eigenvalue weighted by atomic mass is 19.4. The predicted molar refractivity (Wildman–Crippen MR) is 66.2 cm³/mol. The number of nitrogens with zero attached hydrogens (tertiary/aromatic N) is 2. The van der Waals surface area contributed by atoms with E-state index < -0.39 is 12.6 Å². The van der Waals surface area contributed by atoms with Gasteiger partial charge in [-0.25, -0.2) is 4.98 Å². The normalized spacial score (nSPS) is 11.7. The zero-order valence-electron chi connectivity index (χ0n) is 11.0. The summed E-state index contributed by atoms with van der Waals surface area (Å²) in [6.45, 7) is 4.17. The van der Waals surface area contributed by atoms with Gasteiger partial charge in [0, 0.05) is 25.2 Å². The quantitative estimate of drug-likeness (QED) is 0.776. The van der Waals surface area contributed by atoms with Crippen LogP contribution in [0, 0.1) is 0 Å². The average molecular weight is 277 g/mol. The molecule has 1 heterocycles. The van der Waals surface area contributed by atoms with Crippen molar-refractivity contribution in [2.75, 3.05) is 11.9 Å². The molecule has 0 saturated carbocycles. The zero-order chi connectivity index (χ0) is 14.3. The first-order valence-electron chi connectivity index (χ1n) is 6.17. The van der Waals surface area contributed by atoms with Crippen molar-refractivity contribution in [3.05, 3.63) is 12.3 Å². The van der Waals surface area contributed by atoms with E-state index in [1.165, 1.54) is 0 Å². The first-order valence-corrected chi connectivity index (χ1v) is 6.17. The lowest BCUT2D eigenvalue weighted by Gasteiger charge is -2.10. The van der Waals surface area contributed by atoms with Gasteiger partial charge in [-0.05, 0) is 26.7 Å². The molecule has 0 aliphatic rings. The molecule has 0 atom stereocenters. The summed E-state index contributed by atoms with van der Waals surface area (Å²) < 4.78 is 41.1. The van der Waals surface area contributed by atoms with Gasteiger partial charge < -0.3 is 10.1 Å². The van der Waals surface area contributed by atoms with Gasteiger partial charge >= 0.3 is 6.18 Å². The number of rotatable bonds is 7. The third-order valence-electron chi connectivity index (χ3n) is 2.16. The minimum Gasteiger partial charge on any atom is -0.475 e. The van der Waals surface area contributed by atoms with Gasteiger partial charge in [0.2, 0.25) is 11.8 Å². The molecular weight excluding hydrogens is 259 g/mol. The fourth-order valence-electron chi connectivity index (χ4n) is 1.39. The van der Waals surface area contributed by atoms with Crippen LogP contribution >= 0.6 is 0 Å². The van der Waals surface area contributed by atoms with Gasteiger partial charge in [-0.1, -0.05) is 0 Å². The number of unbranched alkanes of at least 4 members (excludes halogenated alkanes) is 1. The van der Waals surface area contributed by atoms with Crippen molar-refractivity contribution in [1.29, 1.82) is 0 Å². The van der Waals surface area contributed by atoms with Gasteiger partial charge in [-0.2, -0.15) is 18.2 Å². The molecule has 0 spiro atoms. The van der Waals surface area contributed by atoms with E-state index in [1.54, 1.807) is 12.3 Å². The Morgan fingerprint density at radius 2 is 2.05 bits per heavy atom. The number of hydrogen-bond acceptors (Lipinski definition) is 4. The molecule has 0 aromatic carbocycles. The number of anilines is 1. The summed E-state index contributed by atoms with van der Waals surface area (Å²) in [4.78, 5) is 8.06. The topological polar surface area (TPSA) is 47.0 Å². The summed E-state index contributed by atoms with van der Waals surface area (Å²) >= 11 is 0. The maximum absolute atomic E-state index is 11.9. The molecule has 0 aliphatic carbocycles. The fraction of sp³-hybridized carbons (Fsp3) is 0.667. The number of nitrogens with one attached hydrogen (secondary N) is 1. The van der Waals surface area contributed by atoms with Crippen molar-refractivity contribution in [1.82, 2.24) is 9.97 Å². The summed E-state index contributed by atoms with van der Waals surface area (Å²) in [7, 11) is 0. The van der Waals surface area contributed by atoms with Crippen LogP contribution < -0.4 is 10.1 Å². The SMILES string of the molecule is CC(C)Oc1ccnc(NCCCCC(F)(F)F)n1. The van der Waals surface area contributed by atoms with E-state index in [9.17, 15) is 13.2 Å². The Morgan fingerprint density at radius 3 is 2.68 bits per heavy atom. The number of ether oxygens (including phenoxy) is 1.